The van der Waals surface area contributed by atoms with Gasteiger partial charge in [-0.3, -0.25) is 4.79 Å². The van der Waals surface area contributed by atoms with Crippen molar-refractivity contribution in [2.75, 3.05) is 7.11 Å². The number of rotatable bonds is 2. The maximum atomic E-state index is 11.8. The SMILES string of the molecule is COC(=O)c1nn(-c2ccc(Cl)cc2)c(=O)cc1Cl. The lowest BCUT2D eigenvalue weighted by molar-refractivity contribution is 0.0592. The molecule has 1 heterocycles. The van der Waals surface area contributed by atoms with Crippen LogP contribution in [-0.2, 0) is 4.74 Å². The zero-order valence-electron chi connectivity index (χ0n) is 9.76. The number of ether oxygens (including phenoxy) is 1. The average Bonchev–Trinajstić information content (AvgIpc) is 2.39. The highest BCUT2D eigenvalue weighted by molar-refractivity contribution is 6.33. The van der Waals surface area contributed by atoms with Crippen molar-refractivity contribution >= 4 is 29.2 Å². The summed E-state index contributed by atoms with van der Waals surface area (Å²) in [5.74, 6) is -0.715. The molecule has 2 rings (SSSR count). The molecule has 0 atom stereocenters. The Morgan fingerprint density at radius 3 is 2.47 bits per heavy atom. The molecular weight excluding hydrogens is 291 g/mol. The van der Waals surface area contributed by atoms with E-state index >= 15 is 0 Å². The molecule has 1 aromatic heterocycles. The van der Waals surface area contributed by atoms with Crippen molar-refractivity contribution in [3.63, 3.8) is 0 Å². The van der Waals surface area contributed by atoms with Crippen molar-refractivity contribution in [3.05, 3.63) is 56.4 Å². The Balaban J connectivity index is 2.60. The molecule has 5 nitrogen and oxygen atoms in total. The van der Waals surface area contributed by atoms with E-state index in [-0.39, 0.29) is 10.7 Å². The molecule has 0 aliphatic carbocycles. The van der Waals surface area contributed by atoms with Gasteiger partial charge in [-0.1, -0.05) is 23.2 Å². The van der Waals surface area contributed by atoms with Crippen LogP contribution in [0.2, 0.25) is 10.0 Å². The second kappa shape index (κ2) is 5.42. The smallest absolute Gasteiger partial charge is 0.360 e. The molecule has 0 saturated heterocycles. The van der Waals surface area contributed by atoms with Gasteiger partial charge < -0.3 is 4.74 Å². The van der Waals surface area contributed by atoms with Crippen molar-refractivity contribution in [1.82, 2.24) is 9.78 Å². The lowest BCUT2D eigenvalue weighted by atomic mass is 10.3. The van der Waals surface area contributed by atoms with Crippen molar-refractivity contribution in [1.29, 1.82) is 0 Å². The molecule has 0 spiro atoms. The van der Waals surface area contributed by atoms with E-state index in [4.69, 9.17) is 23.2 Å². The molecule has 2 aromatic rings. The topological polar surface area (TPSA) is 61.2 Å². The quantitative estimate of drug-likeness (QED) is 0.798. The fourth-order valence-electron chi connectivity index (χ4n) is 1.44. The fourth-order valence-corrected chi connectivity index (χ4v) is 1.77. The van der Waals surface area contributed by atoms with E-state index in [0.29, 0.717) is 10.7 Å². The van der Waals surface area contributed by atoms with Crippen LogP contribution >= 0.6 is 23.2 Å². The third-order valence-corrected chi connectivity index (χ3v) is 2.88. The third-order valence-electron chi connectivity index (χ3n) is 2.34. The molecule has 98 valence electrons. The summed E-state index contributed by atoms with van der Waals surface area (Å²) in [5.41, 5.74) is -0.116. The number of benzene rings is 1. The molecule has 0 saturated carbocycles. The fraction of sp³-hybridized carbons (Fsp3) is 0.0833. The maximum Gasteiger partial charge on any atom is 0.360 e. The predicted octanol–water partition coefficient (Wildman–Crippen LogP) is 2.33. The van der Waals surface area contributed by atoms with Crippen LogP contribution in [0.4, 0.5) is 0 Å². The van der Waals surface area contributed by atoms with E-state index in [9.17, 15) is 9.59 Å². The molecule has 0 aliphatic heterocycles. The minimum absolute atomic E-state index is 0.0536. The summed E-state index contributed by atoms with van der Waals surface area (Å²) in [6, 6.07) is 7.53. The lowest BCUT2D eigenvalue weighted by Gasteiger charge is -2.07. The highest BCUT2D eigenvalue weighted by atomic mass is 35.5. The number of aromatic nitrogens is 2. The van der Waals surface area contributed by atoms with Crippen LogP contribution < -0.4 is 5.56 Å². The monoisotopic (exact) mass is 298 g/mol. The lowest BCUT2D eigenvalue weighted by Crippen LogP contribution is -2.23. The number of hydrogen-bond donors (Lipinski definition) is 0. The van der Waals surface area contributed by atoms with Gasteiger partial charge in [-0.05, 0) is 24.3 Å². The Bertz CT molecular complexity index is 680. The number of nitrogens with zero attached hydrogens (tertiary/aromatic N) is 2. The first-order valence-corrected chi connectivity index (χ1v) is 5.92. The summed E-state index contributed by atoms with van der Waals surface area (Å²) in [4.78, 5) is 23.3. The van der Waals surface area contributed by atoms with Gasteiger partial charge in [0.2, 0.25) is 0 Å². The van der Waals surface area contributed by atoms with Crippen LogP contribution in [0.3, 0.4) is 0 Å². The number of hydrogen-bond acceptors (Lipinski definition) is 4. The van der Waals surface area contributed by atoms with Crippen LogP contribution in [0.25, 0.3) is 5.69 Å². The van der Waals surface area contributed by atoms with Crippen molar-refractivity contribution in [2.24, 2.45) is 0 Å². The summed E-state index contributed by atoms with van der Waals surface area (Å²) in [6.45, 7) is 0. The van der Waals surface area contributed by atoms with Crippen molar-refractivity contribution in [2.45, 2.75) is 0 Å². The van der Waals surface area contributed by atoms with E-state index in [1.54, 1.807) is 24.3 Å². The zero-order valence-corrected chi connectivity index (χ0v) is 11.3. The Hall–Kier alpha value is -1.85. The van der Waals surface area contributed by atoms with Gasteiger partial charge in [-0.15, -0.1) is 0 Å². The minimum atomic E-state index is -0.715. The molecule has 19 heavy (non-hydrogen) atoms. The molecule has 0 N–H and O–H groups in total. The van der Waals surface area contributed by atoms with Crippen LogP contribution in [0.15, 0.2) is 35.1 Å². The van der Waals surface area contributed by atoms with E-state index in [0.717, 1.165) is 10.7 Å². The van der Waals surface area contributed by atoms with Crippen molar-refractivity contribution in [3.8, 4) is 5.69 Å². The maximum absolute atomic E-state index is 11.8. The third kappa shape index (κ3) is 2.77. The highest BCUT2D eigenvalue weighted by Crippen LogP contribution is 2.15. The minimum Gasteiger partial charge on any atom is -0.464 e. The van der Waals surface area contributed by atoms with Crippen LogP contribution in [0.1, 0.15) is 10.5 Å². The van der Waals surface area contributed by atoms with E-state index < -0.39 is 11.5 Å². The van der Waals surface area contributed by atoms with Crippen LogP contribution in [-0.4, -0.2) is 22.9 Å². The van der Waals surface area contributed by atoms with Crippen LogP contribution in [0.5, 0.6) is 0 Å². The van der Waals surface area contributed by atoms with Crippen molar-refractivity contribution < 1.29 is 9.53 Å². The van der Waals surface area contributed by atoms with E-state index in [1.165, 1.54) is 7.11 Å². The average molecular weight is 299 g/mol. The Labute approximate surface area is 118 Å². The van der Waals surface area contributed by atoms with Gasteiger partial charge in [0.25, 0.3) is 5.56 Å². The summed E-state index contributed by atoms with van der Waals surface area (Å²) in [5, 5.41) is 4.37. The molecule has 0 aliphatic rings. The Morgan fingerprint density at radius 1 is 1.26 bits per heavy atom. The molecule has 7 heteroatoms. The summed E-state index contributed by atoms with van der Waals surface area (Å²) >= 11 is 11.6. The second-order valence-corrected chi connectivity index (χ2v) is 4.40. The first-order valence-electron chi connectivity index (χ1n) is 5.17. The highest BCUT2D eigenvalue weighted by Gasteiger charge is 2.16. The largest absolute Gasteiger partial charge is 0.464 e. The summed E-state index contributed by atoms with van der Waals surface area (Å²) < 4.78 is 5.59. The number of methoxy groups -OCH3 is 1. The summed E-state index contributed by atoms with van der Waals surface area (Å²) in [7, 11) is 1.21. The molecule has 0 bridgehead atoms. The van der Waals surface area contributed by atoms with Gasteiger partial charge in [0.15, 0.2) is 5.69 Å². The van der Waals surface area contributed by atoms with Gasteiger partial charge in [0.1, 0.15) is 0 Å². The molecule has 0 fully saturated rings. The summed E-state index contributed by atoms with van der Waals surface area (Å²) in [6.07, 6.45) is 0. The molecular formula is C12H8Cl2N2O3. The van der Waals surface area contributed by atoms with Gasteiger partial charge in [-0.2, -0.15) is 9.78 Å². The van der Waals surface area contributed by atoms with Gasteiger partial charge in [0.05, 0.1) is 17.8 Å². The second-order valence-electron chi connectivity index (χ2n) is 3.56. The molecule has 1 aromatic carbocycles. The number of carbonyl (C=O) groups is 1. The zero-order chi connectivity index (χ0) is 14.0. The Morgan fingerprint density at radius 2 is 1.89 bits per heavy atom. The standard InChI is InChI=1S/C12H8Cl2N2O3/c1-19-12(18)11-9(14)6-10(17)16(15-11)8-4-2-7(13)3-5-8/h2-6H,1H3. The molecule has 0 unspecified atom stereocenters. The number of esters is 1. The van der Waals surface area contributed by atoms with Crippen LogP contribution in [0, 0.1) is 0 Å². The number of carbonyl (C=O) groups excluding carboxylic acids is 1. The Kier molecular flexibility index (Phi) is 3.87. The predicted molar refractivity (Wildman–Crippen MR) is 71.2 cm³/mol. The van der Waals surface area contributed by atoms with Gasteiger partial charge in [0, 0.05) is 11.1 Å². The first kappa shape index (κ1) is 13.6. The normalized spacial score (nSPS) is 10.3. The molecule has 0 radical (unpaired) electrons. The molecule has 0 amide bonds. The van der Waals surface area contributed by atoms with Gasteiger partial charge >= 0.3 is 5.97 Å². The number of halogens is 2. The van der Waals surface area contributed by atoms with E-state index in [1.807, 2.05) is 0 Å². The van der Waals surface area contributed by atoms with E-state index in [2.05, 4.69) is 9.84 Å². The van der Waals surface area contributed by atoms with Gasteiger partial charge in [-0.25, -0.2) is 4.79 Å². The first-order chi connectivity index (χ1) is 9.02.